The van der Waals surface area contributed by atoms with Gasteiger partial charge in [-0.1, -0.05) is 13.5 Å². The van der Waals surface area contributed by atoms with E-state index in [1.165, 1.54) is 38.2 Å². The summed E-state index contributed by atoms with van der Waals surface area (Å²) >= 11 is 0. The molecule has 0 radical (unpaired) electrons. The molecule has 1 atom stereocenters. The highest BCUT2D eigenvalue weighted by Crippen LogP contribution is 2.26. The number of likely N-dealkylation sites (N-methyl/N-ethyl adjacent to an activating group) is 1. The molecule has 0 aromatic heterocycles. The van der Waals surface area contributed by atoms with E-state index in [1.54, 1.807) is 0 Å². The van der Waals surface area contributed by atoms with Gasteiger partial charge >= 0.3 is 0 Å². The molecule has 2 heteroatoms. The zero-order valence-corrected chi connectivity index (χ0v) is 7.92. The standard InChI is InChI=1S/C10H18N2/c1-3-11-7-9(2)12-6-4-5-10(12)8-11/h10H,2-8H2,1H3. The largest absolute Gasteiger partial charge is 0.370 e. The first kappa shape index (κ1) is 8.11. The van der Waals surface area contributed by atoms with Crippen molar-refractivity contribution in [1.29, 1.82) is 0 Å². The summed E-state index contributed by atoms with van der Waals surface area (Å²) in [6.45, 7) is 11.1. The molecule has 1 unspecified atom stereocenters. The van der Waals surface area contributed by atoms with Gasteiger partial charge < -0.3 is 4.90 Å². The van der Waals surface area contributed by atoms with Crippen molar-refractivity contribution in [2.45, 2.75) is 25.8 Å². The van der Waals surface area contributed by atoms with Gasteiger partial charge in [0.1, 0.15) is 0 Å². The lowest BCUT2D eigenvalue weighted by Crippen LogP contribution is -2.48. The Morgan fingerprint density at radius 2 is 2.42 bits per heavy atom. The third kappa shape index (κ3) is 1.24. The fourth-order valence-corrected chi connectivity index (χ4v) is 2.39. The molecule has 0 bridgehead atoms. The van der Waals surface area contributed by atoms with Gasteiger partial charge in [-0.3, -0.25) is 4.90 Å². The van der Waals surface area contributed by atoms with E-state index in [4.69, 9.17) is 0 Å². The van der Waals surface area contributed by atoms with Crippen LogP contribution < -0.4 is 0 Å². The highest BCUT2D eigenvalue weighted by molar-refractivity contribution is 5.06. The van der Waals surface area contributed by atoms with Crippen LogP contribution in [0.4, 0.5) is 0 Å². The van der Waals surface area contributed by atoms with Crippen molar-refractivity contribution in [3.63, 3.8) is 0 Å². The lowest BCUT2D eigenvalue weighted by atomic mass is 10.1. The van der Waals surface area contributed by atoms with Crippen LogP contribution in [0.1, 0.15) is 19.8 Å². The van der Waals surface area contributed by atoms with Crippen LogP contribution in [-0.4, -0.2) is 42.0 Å². The molecule has 0 amide bonds. The molecule has 0 saturated carbocycles. The summed E-state index contributed by atoms with van der Waals surface area (Å²) in [7, 11) is 0. The summed E-state index contributed by atoms with van der Waals surface area (Å²) in [5, 5.41) is 0. The average Bonchev–Trinajstić information content (AvgIpc) is 2.52. The Morgan fingerprint density at radius 1 is 1.58 bits per heavy atom. The Kier molecular flexibility index (Phi) is 2.09. The number of nitrogens with zero attached hydrogens (tertiary/aromatic N) is 2. The van der Waals surface area contributed by atoms with Gasteiger partial charge in [0.15, 0.2) is 0 Å². The normalized spacial score (nSPS) is 30.9. The Bertz CT molecular complexity index is 188. The second-order valence-corrected chi connectivity index (χ2v) is 3.88. The third-order valence-electron chi connectivity index (χ3n) is 3.11. The number of hydrogen-bond donors (Lipinski definition) is 0. The van der Waals surface area contributed by atoms with Crippen LogP contribution in [0.2, 0.25) is 0 Å². The van der Waals surface area contributed by atoms with Crippen molar-refractivity contribution in [1.82, 2.24) is 9.80 Å². The van der Waals surface area contributed by atoms with E-state index in [9.17, 15) is 0 Å². The zero-order valence-electron chi connectivity index (χ0n) is 7.92. The fraction of sp³-hybridized carbons (Fsp3) is 0.800. The molecule has 2 saturated heterocycles. The maximum Gasteiger partial charge on any atom is 0.0415 e. The average molecular weight is 166 g/mol. The molecule has 68 valence electrons. The van der Waals surface area contributed by atoms with Crippen LogP contribution in [-0.2, 0) is 0 Å². The monoisotopic (exact) mass is 166 g/mol. The molecule has 2 heterocycles. The van der Waals surface area contributed by atoms with Crippen LogP contribution in [0, 0.1) is 0 Å². The van der Waals surface area contributed by atoms with Gasteiger partial charge in [0.25, 0.3) is 0 Å². The number of rotatable bonds is 1. The topological polar surface area (TPSA) is 6.48 Å². The van der Waals surface area contributed by atoms with E-state index < -0.39 is 0 Å². The van der Waals surface area contributed by atoms with E-state index in [2.05, 4.69) is 23.3 Å². The van der Waals surface area contributed by atoms with Crippen molar-refractivity contribution >= 4 is 0 Å². The molecular formula is C10H18N2. The smallest absolute Gasteiger partial charge is 0.0415 e. The summed E-state index contributed by atoms with van der Waals surface area (Å²) in [4.78, 5) is 5.00. The van der Waals surface area contributed by atoms with Gasteiger partial charge in [-0.05, 0) is 19.4 Å². The first-order valence-corrected chi connectivity index (χ1v) is 4.98. The van der Waals surface area contributed by atoms with Crippen LogP contribution in [0.5, 0.6) is 0 Å². The molecule has 2 fully saturated rings. The van der Waals surface area contributed by atoms with Crippen molar-refractivity contribution in [2.24, 2.45) is 0 Å². The summed E-state index contributed by atoms with van der Waals surface area (Å²) in [6.07, 6.45) is 2.73. The molecule has 0 spiro atoms. The predicted molar refractivity (Wildman–Crippen MR) is 51.0 cm³/mol. The minimum Gasteiger partial charge on any atom is -0.370 e. The SMILES string of the molecule is C=C1CN(CC)CC2CCCN12. The minimum atomic E-state index is 0.784. The Labute approximate surface area is 74.8 Å². The quantitative estimate of drug-likeness (QED) is 0.579. The van der Waals surface area contributed by atoms with Gasteiger partial charge in [0.2, 0.25) is 0 Å². The second kappa shape index (κ2) is 3.09. The van der Waals surface area contributed by atoms with Crippen molar-refractivity contribution in [3.8, 4) is 0 Å². The second-order valence-electron chi connectivity index (χ2n) is 3.88. The fourth-order valence-electron chi connectivity index (χ4n) is 2.39. The zero-order chi connectivity index (χ0) is 8.55. The number of hydrogen-bond acceptors (Lipinski definition) is 2. The van der Waals surface area contributed by atoms with Crippen molar-refractivity contribution in [3.05, 3.63) is 12.3 Å². The lowest BCUT2D eigenvalue weighted by Gasteiger charge is -2.39. The lowest BCUT2D eigenvalue weighted by molar-refractivity contribution is 0.152. The molecule has 0 aliphatic carbocycles. The molecular weight excluding hydrogens is 148 g/mol. The first-order chi connectivity index (χ1) is 5.81. The molecule has 0 aromatic rings. The Morgan fingerprint density at radius 3 is 3.17 bits per heavy atom. The molecule has 12 heavy (non-hydrogen) atoms. The van der Waals surface area contributed by atoms with Crippen LogP contribution in [0.15, 0.2) is 12.3 Å². The molecule has 2 aliphatic rings. The van der Waals surface area contributed by atoms with Gasteiger partial charge in [0.05, 0.1) is 0 Å². The van der Waals surface area contributed by atoms with Crippen LogP contribution in [0.25, 0.3) is 0 Å². The summed E-state index contributed by atoms with van der Waals surface area (Å²) in [6, 6.07) is 0.784. The van der Waals surface area contributed by atoms with Gasteiger partial charge in [-0.15, -0.1) is 0 Å². The van der Waals surface area contributed by atoms with E-state index in [0.29, 0.717) is 0 Å². The summed E-state index contributed by atoms with van der Waals surface area (Å²) in [5.74, 6) is 0. The molecule has 2 aliphatic heterocycles. The van der Waals surface area contributed by atoms with E-state index in [1.807, 2.05) is 0 Å². The minimum absolute atomic E-state index is 0.784. The number of fused-ring (bicyclic) bond motifs is 1. The van der Waals surface area contributed by atoms with Crippen LogP contribution >= 0.6 is 0 Å². The summed E-state index contributed by atoms with van der Waals surface area (Å²) in [5.41, 5.74) is 1.34. The molecule has 2 nitrogen and oxygen atoms in total. The third-order valence-corrected chi connectivity index (χ3v) is 3.11. The maximum absolute atomic E-state index is 4.14. The van der Waals surface area contributed by atoms with E-state index in [-0.39, 0.29) is 0 Å². The predicted octanol–water partition coefficient (Wildman–Crippen LogP) is 1.30. The van der Waals surface area contributed by atoms with Gasteiger partial charge in [0, 0.05) is 31.4 Å². The Balaban J connectivity index is 2.05. The highest BCUT2D eigenvalue weighted by atomic mass is 15.3. The van der Waals surface area contributed by atoms with E-state index >= 15 is 0 Å². The van der Waals surface area contributed by atoms with Gasteiger partial charge in [-0.2, -0.15) is 0 Å². The molecule has 0 N–H and O–H groups in total. The van der Waals surface area contributed by atoms with Gasteiger partial charge in [-0.25, -0.2) is 0 Å². The first-order valence-electron chi connectivity index (χ1n) is 4.98. The van der Waals surface area contributed by atoms with E-state index in [0.717, 1.165) is 12.6 Å². The maximum atomic E-state index is 4.14. The van der Waals surface area contributed by atoms with Crippen molar-refractivity contribution < 1.29 is 0 Å². The molecule has 2 rings (SSSR count). The number of piperazine rings is 1. The summed E-state index contributed by atoms with van der Waals surface area (Å²) < 4.78 is 0. The highest BCUT2D eigenvalue weighted by Gasteiger charge is 2.31. The van der Waals surface area contributed by atoms with Crippen molar-refractivity contribution in [2.75, 3.05) is 26.2 Å². The Hall–Kier alpha value is -0.500. The molecule has 0 aromatic carbocycles. The van der Waals surface area contributed by atoms with Crippen LogP contribution in [0.3, 0.4) is 0 Å².